The van der Waals surface area contributed by atoms with Crippen LogP contribution >= 0.6 is 11.6 Å². The van der Waals surface area contributed by atoms with E-state index in [1.54, 1.807) is 0 Å². The van der Waals surface area contributed by atoms with Crippen molar-refractivity contribution < 1.29 is 5.11 Å². The van der Waals surface area contributed by atoms with E-state index >= 15 is 0 Å². The van der Waals surface area contributed by atoms with Crippen LogP contribution in [0, 0.1) is 13.8 Å². The lowest BCUT2D eigenvalue weighted by molar-refractivity contribution is 0.169. The van der Waals surface area contributed by atoms with Crippen molar-refractivity contribution in [3.05, 3.63) is 33.8 Å². The predicted octanol–water partition coefficient (Wildman–Crippen LogP) is 2.34. The Kier molecular flexibility index (Phi) is 3.93. The number of aliphatic hydroxyl groups is 1. The van der Waals surface area contributed by atoms with Crippen molar-refractivity contribution in [3.8, 4) is 0 Å². The minimum absolute atomic E-state index is 0.463. The molecule has 0 aliphatic rings. The average Bonchev–Trinajstić information content (AvgIpc) is 2.01. The van der Waals surface area contributed by atoms with Crippen molar-refractivity contribution in [3.63, 3.8) is 0 Å². The summed E-state index contributed by atoms with van der Waals surface area (Å²) in [6.45, 7) is 4.40. The first-order valence-electron chi connectivity index (χ1n) is 4.71. The molecule has 1 unspecified atom stereocenters. The van der Waals surface area contributed by atoms with Gasteiger partial charge in [-0.25, -0.2) is 0 Å². The highest BCUT2D eigenvalue weighted by Crippen LogP contribution is 2.29. The summed E-state index contributed by atoms with van der Waals surface area (Å²) in [5, 5.41) is 10.4. The maximum atomic E-state index is 9.81. The van der Waals surface area contributed by atoms with E-state index in [9.17, 15) is 5.11 Å². The summed E-state index contributed by atoms with van der Waals surface area (Å²) in [6.07, 6.45) is -0.00280. The Labute approximate surface area is 89.7 Å². The number of benzene rings is 1. The van der Waals surface area contributed by atoms with E-state index in [2.05, 4.69) is 0 Å². The molecule has 0 aliphatic carbocycles. The van der Waals surface area contributed by atoms with Gasteiger partial charge in [-0.1, -0.05) is 17.7 Å². The highest BCUT2D eigenvalue weighted by molar-refractivity contribution is 6.31. The van der Waals surface area contributed by atoms with Gasteiger partial charge in [0.1, 0.15) is 0 Å². The van der Waals surface area contributed by atoms with Crippen LogP contribution in [-0.4, -0.2) is 11.7 Å². The van der Waals surface area contributed by atoms with Gasteiger partial charge in [-0.15, -0.1) is 0 Å². The largest absolute Gasteiger partial charge is 0.388 e. The summed E-state index contributed by atoms with van der Waals surface area (Å²) in [5.74, 6) is 0. The van der Waals surface area contributed by atoms with Crippen LogP contribution in [0.4, 0.5) is 0 Å². The Morgan fingerprint density at radius 1 is 1.43 bits per heavy atom. The zero-order chi connectivity index (χ0) is 10.7. The van der Waals surface area contributed by atoms with Crippen LogP contribution in [0.15, 0.2) is 12.1 Å². The van der Waals surface area contributed by atoms with E-state index in [0.29, 0.717) is 18.0 Å². The highest BCUT2D eigenvalue weighted by Gasteiger charge is 2.13. The third kappa shape index (κ3) is 2.47. The van der Waals surface area contributed by atoms with Crippen LogP contribution in [0.2, 0.25) is 5.02 Å². The van der Waals surface area contributed by atoms with Gasteiger partial charge in [-0.3, -0.25) is 0 Å². The zero-order valence-corrected chi connectivity index (χ0v) is 9.30. The lowest BCUT2D eigenvalue weighted by atomic mass is 9.99. The Morgan fingerprint density at radius 2 is 2.07 bits per heavy atom. The molecule has 78 valence electrons. The van der Waals surface area contributed by atoms with E-state index in [4.69, 9.17) is 17.3 Å². The number of aliphatic hydroxyl groups excluding tert-OH is 1. The molecule has 3 heteroatoms. The molecule has 0 saturated carbocycles. The highest BCUT2D eigenvalue weighted by atomic mass is 35.5. The fraction of sp³-hybridized carbons (Fsp3) is 0.455. The lowest BCUT2D eigenvalue weighted by Gasteiger charge is -2.15. The molecular formula is C11H16ClNO. The molecular weight excluding hydrogens is 198 g/mol. The van der Waals surface area contributed by atoms with E-state index in [0.717, 1.165) is 16.7 Å². The van der Waals surface area contributed by atoms with E-state index in [1.165, 1.54) is 0 Å². The quantitative estimate of drug-likeness (QED) is 0.810. The molecule has 0 fully saturated rings. The van der Waals surface area contributed by atoms with Gasteiger partial charge in [0.2, 0.25) is 0 Å². The maximum Gasteiger partial charge on any atom is 0.0819 e. The Bertz CT molecular complexity index is 302. The van der Waals surface area contributed by atoms with Gasteiger partial charge in [0.05, 0.1) is 6.10 Å². The number of hydrogen-bond acceptors (Lipinski definition) is 2. The maximum absolute atomic E-state index is 9.81. The molecule has 2 nitrogen and oxygen atoms in total. The standard InChI is InChI=1S/C11H16ClNO/c1-7-5-8(2)11(9(12)6-7)10(14)3-4-13/h5-6,10,14H,3-4,13H2,1-2H3. The summed E-state index contributed by atoms with van der Waals surface area (Å²) in [6, 6.07) is 3.88. The van der Waals surface area contributed by atoms with Crippen molar-refractivity contribution in [1.82, 2.24) is 0 Å². The van der Waals surface area contributed by atoms with E-state index in [1.807, 2.05) is 26.0 Å². The molecule has 0 heterocycles. The van der Waals surface area contributed by atoms with Gasteiger partial charge in [0, 0.05) is 10.6 Å². The molecule has 1 rings (SSSR count). The Balaban J connectivity index is 3.07. The van der Waals surface area contributed by atoms with Gasteiger partial charge in [0.15, 0.2) is 0 Å². The molecule has 1 atom stereocenters. The average molecular weight is 214 g/mol. The monoisotopic (exact) mass is 213 g/mol. The summed E-state index contributed by atoms with van der Waals surface area (Å²) in [7, 11) is 0. The lowest BCUT2D eigenvalue weighted by Crippen LogP contribution is -2.08. The fourth-order valence-corrected chi connectivity index (χ4v) is 2.10. The molecule has 3 N–H and O–H groups in total. The van der Waals surface area contributed by atoms with Crippen molar-refractivity contribution in [2.45, 2.75) is 26.4 Å². The number of nitrogens with two attached hydrogens (primary N) is 1. The van der Waals surface area contributed by atoms with Crippen molar-refractivity contribution >= 4 is 11.6 Å². The van der Waals surface area contributed by atoms with Gasteiger partial charge in [0.25, 0.3) is 0 Å². The molecule has 1 aromatic carbocycles. The molecule has 0 bridgehead atoms. The first-order valence-corrected chi connectivity index (χ1v) is 5.09. The van der Waals surface area contributed by atoms with Crippen LogP contribution in [0.3, 0.4) is 0 Å². The molecule has 1 aromatic rings. The van der Waals surface area contributed by atoms with Crippen LogP contribution in [0.1, 0.15) is 29.2 Å². The van der Waals surface area contributed by atoms with E-state index < -0.39 is 6.10 Å². The van der Waals surface area contributed by atoms with Crippen molar-refractivity contribution in [2.24, 2.45) is 5.73 Å². The smallest absolute Gasteiger partial charge is 0.0819 e. The van der Waals surface area contributed by atoms with Gasteiger partial charge in [-0.05, 0) is 44.0 Å². The second-order valence-electron chi connectivity index (χ2n) is 3.57. The molecule has 0 spiro atoms. The van der Waals surface area contributed by atoms with Gasteiger partial charge < -0.3 is 10.8 Å². The Morgan fingerprint density at radius 3 is 2.57 bits per heavy atom. The first-order chi connectivity index (χ1) is 6.56. The second-order valence-corrected chi connectivity index (χ2v) is 3.98. The minimum atomic E-state index is -0.548. The fourth-order valence-electron chi connectivity index (χ4n) is 1.65. The SMILES string of the molecule is Cc1cc(C)c(C(O)CCN)c(Cl)c1. The number of aryl methyl sites for hydroxylation is 2. The molecule has 0 saturated heterocycles. The zero-order valence-electron chi connectivity index (χ0n) is 8.55. The third-order valence-electron chi connectivity index (χ3n) is 2.25. The second kappa shape index (κ2) is 4.78. The van der Waals surface area contributed by atoms with Crippen LogP contribution in [0.5, 0.6) is 0 Å². The van der Waals surface area contributed by atoms with Gasteiger partial charge >= 0.3 is 0 Å². The summed E-state index contributed by atoms with van der Waals surface area (Å²) in [5.41, 5.74) is 8.33. The molecule has 0 radical (unpaired) electrons. The molecule has 14 heavy (non-hydrogen) atoms. The Hall–Kier alpha value is -0.570. The third-order valence-corrected chi connectivity index (χ3v) is 2.57. The number of hydrogen-bond donors (Lipinski definition) is 2. The van der Waals surface area contributed by atoms with Gasteiger partial charge in [-0.2, -0.15) is 0 Å². The molecule has 0 aliphatic heterocycles. The predicted molar refractivity (Wildman–Crippen MR) is 59.6 cm³/mol. The number of rotatable bonds is 3. The summed E-state index contributed by atoms with van der Waals surface area (Å²) < 4.78 is 0. The number of halogens is 1. The first kappa shape index (κ1) is 11.5. The van der Waals surface area contributed by atoms with Crippen LogP contribution in [-0.2, 0) is 0 Å². The molecule has 0 amide bonds. The minimum Gasteiger partial charge on any atom is -0.388 e. The van der Waals surface area contributed by atoms with E-state index in [-0.39, 0.29) is 0 Å². The summed E-state index contributed by atoms with van der Waals surface area (Å²) in [4.78, 5) is 0. The normalized spacial score (nSPS) is 12.9. The topological polar surface area (TPSA) is 46.2 Å². The van der Waals surface area contributed by atoms with Crippen LogP contribution < -0.4 is 5.73 Å². The van der Waals surface area contributed by atoms with Crippen LogP contribution in [0.25, 0.3) is 0 Å². The van der Waals surface area contributed by atoms with Crippen molar-refractivity contribution in [1.29, 1.82) is 0 Å². The van der Waals surface area contributed by atoms with Crippen molar-refractivity contribution in [2.75, 3.05) is 6.54 Å². The molecule has 0 aromatic heterocycles. The summed E-state index contributed by atoms with van der Waals surface area (Å²) >= 11 is 6.06.